The molecule has 0 radical (unpaired) electrons. The van der Waals surface area contributed by atoms with Gasteiger partial charge in [-0.1, -0.05) is 60.1 Å². The van der Waals surface area contributed by atoms with Gasteiger partial charge in [-0.3, -0.25) is 19.3 Å². The lowest BCUT2D eigenvalue weighted by atomic mass is 9.82. The van der Waals surface area contributed by atoms with E-state index in [0.717, 1.165) is 66.8 Å². The molecule has 11 heteroatoms. The predicted octanol–water partition coefficient (Wildman–Crippen LogP) is 6.08. The molecule has 2 aromatic rings. The highest BCUT2D eigenvalue weighted by Crippen LogP contribution is 2.36. The number of aliphatic hydroxyl groups is 1. The van der Waals surface area contributed by atoms with Crippen LogP contribution in [0.15, 0.2) is 47.4 Å². The normalized spacial score (nSPS) is 19.3. The van der Waals surface area contributed by atoms with Crippen LogP contribution in [0.5, 0.6) is 5.75 Å². The number of unbranched alkanes of at least 4 members (excludes halogenated alkanes) is 1. The Morgan fingerprint density at radius 1 is 1.02 bits per heavy atom. The van der Waals surface area contributed by atoms with Gasteiger partial charge in [-0.25, -0.2) is 0 Å². The Bertz CT molecular complexity index is 1290. The molecule has 2 saturated heterocycles. The van der Waals surface area contributed by atoms with Crippen LogP contribution < -0.4 is 10.1 Å². The average molecular weight is 687 g/mol. The Morgan fingerprint density at radius 3 is 2.45 bits per heavy atom. The van der Waals surface area contributed by atoms with Gasteiger partial charge in [0.15, 0.2) is 0 Å². The number of fused-ring (bicyclic) bond motifs is 2. The van der Waals surface area contributed by atoms with Crippen LogP contribution in [0.2, 0.25) is 0 Å². The Balaban J connectivity index is 1.07. The lowest BCUT2D eigenvalue weighted by Crippen LogP contribution is -2.54. The summed E-state index contributed by atoms with van der Waals surface area (Å²) in [7, 11) is 4.89. The van der Waals surface area contributed by atoms with Crippen LogP contribution >= 0.6 is 21.6 Å². The number of esters is 2. The summed E-state index contributed by atoms with van der Waals surface area (Å²) in [5, 5.41) is 12.7. The van der Waals surface area contributed by atoms with Gasteiger partial charge in [0.1, 0.15) is 18.5 Å². The number of carbonyl (C=O) groups excluding carboxylic acids is 3. The molecule has 0 saturated carbocycles. The SMILES string of the molecule is COc1ccc(CO)c(CC(=O)OC2CC3CCCC(C2)N3CCCCNC(=O)CCSSc2ccc(COC(=O)C(C)C)cc2)c1. The summed E-state index contributed by atoms with van der Waals surface area (Å²) in [5.41, 5.74) is 2.41. The van der Waals surface area contributed by atoms with Crippen molar-refractivity contribution in [3.63, 3.8) is 0 Å². The maximum atomic E-state index is 12.9. The molecule has 2 aliphatic heterocycles. The molecule has 2 bridgehead atoms. The number of benzene rings is 2. The number of aliphatic hydroxyl groups excluding tert-OH is 1. The van der Waals surface area contributed by atoms with Crippen molar-refractivity contribution < 1.29 is 33.7 Å². The van der Waals surface area contributed by atoms with Crippen LogP contribution in [-0.4, -0.2) is 72.0 Å². The third kappa shape index (κ3) is 12.0. The third-order valence-corrected chi connectivity index (χ3v) is 11.2. The van der Waals surface area contributed by atoms with Crippen molar-refractivity contribution in [3.05, 3.63) is 59.2 Å². The standard InChI is InChI=1S/C36H50N2O7S2/c1-25(2)36(42)44-24-26-9-13-33(14-10-26)47-46-18-15-34(40)37-16-4-5-17-38-29-7-6-8-30(38)22-32(21-29)45-35(41)20-28-19-31(43-3)12-11-27(28)23-39/h9-14,19,25,29-30,32,39H,4-8,15-18,20-24H2,1-3H3,(H,37,40). The second-order valence-corrected chi connectivity index (χ2v) is 15.1. The molecule has 258 valence electrons. The second-order valence-electron chi connectivity index (χ2n) is 12.6. The van der Waals surface area contributed by atoms with E-state index in [9.17, 15) is 19.5 Å². The van der Waals surface area contributed by atoms with E-state index in [-0.39, 0.29) is 49.5 Å². The molecule has 2 N–H and O–H groups in total. The molecule has 2 aliphatic rings. The smallest absolute Gasteiger partial charge is 0.310 e. The van der Waals surface area contributed by atoms with Crippen LogP contribution in [0.3, 0.4) is 0 Å². The van der Waals surface area contributed by atoms with E-state index in [1.165, 1.54) is 6.42 Å². The first kappa shape index (κ1) is 37.1. The summed E-state index contributed by atoms with van der Waals surface area (Å²) in [4.78, 5) is 40.6. The lowest BCUT2D eigenvalue weighted by Gasteiger charge is -2.48. The molecule has 0 aromatic heterocycles. The number of nitrogens with one attached hydrogen (secondary N) is 1. The fourth-order valence-corrected chi connectivity index (χ4v) is 8.24. The number of nitrogens with zero attached hydrogens (tertiary/aromatic N) is 1. The van der Waals surface area contributed by atoms with Gasteiger partial charge in [-0.15, -0.1) is 0 Å². The summed E-state index contributed by atoms with van der Waals surface area (Å²) in [6, 6.07) is 14.2. The zero-order chi connectivity index (χ0) is 33.6. The molecule has 2 aromatic carbocycles. The molecule has 2 fully saturated rings. The molecule has 0 spiro atoms. The van der Waals surface area contributed by atoms with Gasteiger partial charge in [0.25, 0.3) is 0 Å². The van der Waals surface area contributed by atoms with E-state index < -0.39 is 0 Å². The molecule has 2 atom stereocenters. The Morgan fingerprint density at radius 2 is 1.77 bits per heavy atom. The Labute approximate surface area is 287 Å². The van der Waals surface area contributed by atoms with Gasteiger partial charge in [0.05, 0.1) is 26.1 Å². The first-order valence-corrected chi connectivity index (χ1v) is 19.1. The summed E-state index contributed by atoms with van der Waals surface area (Å²) in [6.45, 7) is 5.48. The Kier molecular flexibility index (Phi) is 15.2. The molecule has 0 aliphatic carbocycles. The summed E-state index contributed by atoms with van der Waals surface area (Å²) < 4.78 is 16.5. The second kappa shape index (κ2) is 19.3. The molecule has 2 heterocycles. The number of methoxy groups -OCH3 is 1. The van der Waals surface area contributed by atoms with Crippen molar-refractivity contribution in [2.75, 3.05) is 26.0 Å². The Hall–Kier alpha value is -2.73. The van der Waals surface area contributed by atoms with Gasteiger partial charge in [0, 0.05) is 48.5 Å². The van der Waals surface area contributed by atoms with Crippen molar-refractivity contribution in [2.45, 2.75) is 108 Å². The molecule has 47 heavy (non-hydrogen) atoms. The van der Waals surface area contributed by atoms with E-state index in [1.807, 2.05) is 38.1 Å². The van der Waals surface area contributed by atoms with Crippen molar-refractivity contribution in [2.24, 2.45) is 5.92 Å². The summed E-state index contributed by atoms with van der Waals surface area (Å²) in [6.07, 6.45) is 7.67. The van der Waals surface area contributed by atoms with Crippen LogP contribution in [0, 0.1) is 5.92 Å². The fourth-order valence-electron chi connectivity index (χ4n) is 6.26. The van der Waals surface area contributed by atoms with Crippen molar-refractivity contribution in [3.8, 4) is 5.75 Å². The number of ether oxygens (including phenoxy) is 3. The predicted molar refractivity (Wildman–Crippen MR) is 186 cm³/mol. The van der Waals surface area contributed by atoms with Gasteiger partial charge in [-0.05, 0) is 73.2 Å². The van der Waals surface area contributed by atoms with Crippen molar-refractivity contribution >= 4 is 39.4 Å². The first-order chi connectivity index (χ1) is 22.7. The molecule has 4 rings (SSSR count). The first-order valence-electron chi connectivity index (χ1n) is 16.8. The number of rotatable bonds is 18. The number of hydrogen-bond donors (Lipinski definition) is 2. The third-order valence-electron chi connectivity index (χ3n) is 8.81. The van der Waals surface area contributed by atoms with Crippen LogP contribution in [0.1, 0.15) is 81.9 Å². The summed E-state index contributed by atoms with van der Waals surface area (Å²) >= 11 is 0. The fraction of sp³-hybridized carbons (Fsp3) is 0.583. The molecular formula is C36H50N2O7S2. The monoisotopic (exact) mass is 686 g/mol. The highest BCUT2D eigenvalue weighted by Gasteiger charge is 2.39. The molecule has 1 amide bonds. The number of piperidine rings is 2. The quantitative estimate of drug-likeness (QED) is 0.109. The number of hydrogen-bond acceptors (Lipinski definition) is 10. The van der Waals surface area contributed by atoms with Crippen LogP contribution in [-0.2, 0) is 43.5 Å². The molecule has 9 nitrogen and oxygen atoms in total. The van der Waals surface area contributed by atoms with E-state index in [0.29, 0.717) is 36.4 Å². The van der Waals surface area contributed by atoms with E-state index in [2.05, 4.69) is 10.2 Å². The largest absolute Gasteiger partial charge is 0.497 e. The van der Waals surface area contributed by atoms with Crippen LogP contribution in [0.25, 0.3) is 0 Å². The van der Waals surface area contributed by atoms with Crippen molar-refractivity contribution in [1.82, 2.24) is 10.2 Å². The summed E-state index contributed by atoms with van der Waals surface area (Å²) in [5.74, 6) is 0.889. The topological polar surface area (TPSA) is 114 Å². The van der Waals surface area contributed by atoms with Gasteiger partial charge in [-0.2, -0.15) is 0 Å². The van der Waals surface area contributed by atoms with E-state index in [1.54, 1.807) is 46.9 Å². The molecule has 2 unspecified atom stereocenters. The highest BCUT2D eigenvalue weighted by molar-refractivity contribution is 8.76. The average Bonchev–Trinajstić information content (AvgIpc) is 3.05. The number of amides is 1. The minimum atomic E-state index is -0.256. The van der Waals surface area contributed by atoms with Gasteiger partial charge >= 0.3 is 11.9 Å². The number of carbonyl (C=O) groups is 3. The van der Waals surface area contributed by atoms with E-state index in [4.69, 9.17) is 14.2 Å². The van der Waals surface area contributed by atoms with Crippen LogP contribution in [0.4, 0.5) is 0 Å². The van der Waals surface area contributed by atoms with Gasteiger partial charge in [0.2, 0.25) is 5.91 Å². The van der Waals surface area contributed by atoms with E-state index >= 15 is 0 Å². The maximum absolute atomic E-state index is 12.9. The zero-order valence-electron chi connectivity index (χ0n) is 27.9. The van der Waals surface area contributed by atoms with Gasteiger partial charge < -0.3 is 24.6 Å². The van der Waals surface area contributed by atoms with Crippen molar-refractivity contribution in [1.29, 1.82) is 0 Å². The maximum Gasteiger partial charge on any atom is 0.310 e. The minimum absolute atomic E-state index is 0.0759. The highest BCUT2D eigenvalue weighted by atomic mass is 33.1. The minimum Gasteiger partial charge on any atom is -0.497 e. The lowest BCUT2D eigenvalue weighted by molar-refractivity contribution is -0.154. The molecular weight excluding hydrogens is 637 g/mol. The zero-order valence-corrected chi connectivity index (χ0v) is 29.5.